The van der Waals surface area contributed by atoms with E-state index in [1.807, 2.05) is 20.8 Å². The molecule has 15 heavy (non-hydrogen) atoms. The molecule has 0 saturated carbocycles. The molecule has 0 aromatic carbocycles. The van der Waals surface area contributed by atoms with Crippen molar-refractivity contribution in [3.8, 4) is 0 Å². The van der Waals surface area contributed by atoms with Crippen LogP contribution in [-0.4, -0.2) is 35.7 Å². The van der Waals surface area contributed by atoms with Gasteiger partial charge in [-0.3, -0.25) is 0 Å². The molecular formula is C10H20N2O2Y-2. The minimum Gasteiger partial charge on any atom is -0.444 e. The van der Waals surface area contributed by atoms with Crippen molar-refractivity contribution in [3.05, 3.63) is 13.8 Å². The van der Waals surface area contributed by atoms with E-state index in [2.05, 4.69) is 13.8 Å². The standard InChI is InChI=1S/C10H20N2O2.Y/c1-6-12(8(2)7-11)9(13)14-10(3,4)5;/h8H,1-2,6-7,11H2,3-5H3;/q-2;/t8-;/m0./s1. The monoisotopic (exact) mass is 289 g/mol. The molecule has 0 aliphatic heterocycles. The molecule has 0 saturated heterocycles. The van der Waals surface area contributed by atoms with E-state index in [-0.39, 0.29) is 38.8 Å². The molecule has 1 atom stereocenters. The Morgan fingerprint density at radius 2 is 2.00 bits per heavy atom. The summed E-state index contributed by atoms with van der Waals surface area (Å²) in [7, 11) is 0. The van der Waals surface area contributed by atoms with Crippen LogP contribution in [0.1, 0.15) is 20.8 Å². The van der Waals surface area contributed by atoms with Gasteiger partial charge in [-0.2, -0.15) is 0 Å². The quantitative estimate of drug-likeness (QED) is 0.795. The number of amides is 1. The molecule has 0 bridgehead atoms. The molecule has 87 valence electrons. The van der Waals surface area contributed by atoms with Gasteiger partial charge in [-0.25, -0.2) is 4.79 Å². The van der Waals surface area contributed by atoms with E-state index < -0.39 is 11.7 Å². The van der Waals surface area contributed by atoms with Crippen molar-refractivity contribution in [1.29, 1.82) is 0 Å². The zero-order chi connectivity index (χ0) is 11.4. The van der Waals surface area contributed by atoms with E-state index in [9.17, 15) is 4.79 Å². The molecule has 0 aromatic heterocycles. The van der Waals surface area contributed by atoms with Gasteiger partial charge in [-0.15, -0.1) is 6.54 Å². The van der Waals surface area contributed by atoms with Gasteiger partial charge in [-0.1, -0.05) is 6.04 Å². The van der Waals surface area contributed by atoms with Crippen molar-refractivity contribution < 1.29 is 42.2 Å². The fraction of sp³-hybridized carbons (Fsp3) is 0.700. The van der Waals surface area contributed by atoms with Crippen LogP contribution in [0, 0.1) is 13.8 Å². The molecule has 4 nitrogen and oxygen atoms in total. The van der Waals surface area contributed by atoms with Crippen LogP contribution < -0.4 is 5.73 Å². The van der Waals surface area contributed by atoms with Gasteiger partial charge in [0, 0.05) is 32.7 Å². The number of rotatable bonds is 3. The summed E-state index contributed by atoms with van der Waals surface area (Å²) in [6, 6.07) is -0.289. The van der Waals surface area contributed by atoms with Gasteiger partial charge in [0.15, 0.2) is 0 Å². The summed E-state index contributed by atoms with van der Waals surface area (Å²) in [5.74, 6) is 0. The average molecular weight is 289 g/mol. The average Bonchev–Trinajstić information content (AvgIpc) is 2.01. The summed E-state index contributed by atoms with van der Waals surface area (Å²) in [5.41, 5.74) is 4.91. The van der Waals surface area contributed by atoms with E-state index in [4.69, 9.17) is 10.5 Å². The topological polar surface area (TPSA) is 55.6 Å². The Bertz CT molecular complexity index is 192. The molecule has 0 aromatic rings. The Morgan fingerprint density at radius 1 is 1.53 bits per heavy atom. The number of nitrogens with zero attached hydrogens (tertiary/aromatic N) is 1. The number of hydrogen-bond donors (Lipinski definition) is 1. The van der Waals surface area contributed by atoms with Crippen molar-refractivity contribution in [3.63, 3.8) is 0 Å². The van der Waals surface area contributed by atoms with Gasteiger partial charge in [0.1, 0.15) is 5.60 Å². The Hall–Kier alpha value is 0.334. The van der Waals surface area contributed by atoms with Crippen LogP contribution in [-0.2, 0) is 37.4 Å². The smallest absolute Gasteiger partial charge is 0.405 e. The zero-order valence-corrected chi connectivity index (χ0v) is 12.7. The second-order valence-corrected chi connectivity index (χ2v) is 4.06. The third kappa shape index (κ3) is 7.26. The van der Waals surface area contributed by atoms with Gasteiger partial charge < -0.3 is 29.2 Å². The molecule has 0 rings (SSSR count). The van der Waals surface area contributed by atoms with E-state index in [0.29, 0.717) is 13.1 Å². The Morgan fingerprint density at radius 3 is 2.27 bits per heavy atom. The SMILES string of the molecule is [CH2-]CN(C(=O)OC(C)(C)C)[C@@H]([CH2-])CN.[Y]. The van der Waals surface area contributed by atoms with Crippen molar-refractivity contribution in [2.75, 3.05) is 13.1 Å². The summed E-state index contributed by atoms with van der Waals surface area (Å²) in [4.78, 5) is 13.0. The number of nitrogens with two attached hydrogens (primary N) is 1. The first-order chi connectivity index (χ1) is 6.31. The molecule has 0 aliphatic rings. The minimum atomic E-state index is -0.501. The third-order valence-electron chi connectivity index (χ3n) is 1.58. The molecule has 1 amide bonds. The van der Waals surface area contributed by atoms with Gasteiger partial charge in [0.2, 0.25) is 0 Å². The second-order valence-electron chi connectivity index (χ2n) is 4.06. The minimum absolute atomic E-state index is 0. The first kappa shape index (κ1) is 17.7. The second kappa shape index (κ2) is 7.58. The van der Waals surface area contributed by atoms with Gasteiger partial charge in [-0.05, 0) is 27.3 Å². The Kier molecular flexibility index (Phi) is 8.96. The van der Waals surface area contributed by atoms with Gasteiger partial charge >= 0.3 is 6.09 Å². The van der Waals surface area contributed by atoms with E-state index >= 15 is 0 Å². The predicted octanol–water partition coefficient (Wildman–Crippen LogP) is 1.22. The van der Waals surface area contributed by atoms with E-state index in [1.165, 1.54) is 4.90 Å². The Labute approximate surface area is 118 Å². The van der Waals surface area contributed by atoms with Crippen molar-refractivity contribution in [1.82, 2.24) is 4.90 Å². The maximum absolute atomic E-state index is 11.6. The molecule has 5 heteroatoms. The summed E-state index contributed by atoms with van der Waals surface area (Å²) in [6.07, 6.45) is -0.419. The van der Waals surface area contributed by atoms with Crippen LogP contribution in [0.5, 0.6) is 0 Å². The normalized spacial score (nSPS) is 12.7. The summed E-state index contributed by atoms with van der Waals surface area (Å²) < 4.78 is 5.17. The molecule has 1 radical (unpaired) electrons. The summed E-state index contributed by atoms with van der Waals surface area (Å²) in [5, 5.41) is 0. The molecule has 0 fully saturated rings. The fourth-order valence-electron chi connectivity index (χ4n) is 0.871. The zero-order valence-electron chi connectivity index (χ0n) is 9.82. The molecule has 0 heterocycles. The Balaban J connectivity index is 0. The third-order valence-corrected chi connectivity index (χ3v) is 1.58. The van der Waals surface area contributed by atoms with Crippen LogP contribution >= 0.6 is 0 Å². The van der Waals surface area contributed by atoms with Crippen molar-refractivity contribution in [2.45, 2.75) is 32.4 Å². The van der Waals surface area contributed by atoms with E-state index in [1.54, 1.807) is 0 Å². The van der Waals surface area contributed by atoms with Crippen LogP contribution in [0.25, 0.3) is 0 Å². The number of carbonyl (C=O) groups is 1. The molecule has 2 N–H and O–H groups in total. The maximum Gasteiger partial charge on any atom is 0.405 e. The van der Waals surface area contributed by atoms with Crippen LogP contribution in [0.4, 0.5) is 4.79 Å². The van der Waals surface area contributed by atoms with Gasteiger partial charge in [0.25, 0.3) is 0 Å². The molecular weight excluding hydrogens is 269 g/mol. The fourth-order valence-corrected chi connectivity index (χ4v) is 0.871. The first-order valence-electron chi connectivity index (χ1n) is 4.64. The van der Waals surface area contributed by atoms with E-state index in [0.717, 1.165) is 0 Å². The number of ether oxygens (including phenoxy) is 1. The number of hydrogen-bond acceptors (Lipinski definition) is 3. The first-order valence-corrected chi connectivity index (χ1v) is 4.64. The van der Waals surface area contributed by atoms with Gasteiger partial charge in [0.05, 0.1) is 0 Å². The summed E-state index contributed by atoms with van der Waals surface area (Å²) >= 11 is 0. The van der Waals surface area contributed by atoms with Crippen molar-refractivity contribution in [2.24, 2.45) is 5.73 Å². The largest absolute Gasteiger partial charge is 0.444 e. The van der Waals surface area contributed by atoms with Crippen LogP contribution in [0.2, 0.25) is 0 Å². The molecule has 0 aliphatic carbocycles. The maximum atomic E-state index is 11.6. The van der Waals surface area contributed by atoms with Crippen LogP contribution in [0.15, 0.2) is 0 Å². The molecule has 0 spiro atoms. The molecule has 0 unspecified atom stereocenters. The number of carbonyl (C=O) groups excluding carboxylic acids is 1. The van der Waals surface area contributed by atoms with Crippen molar-refractivity contribution >= 4 is 6.09 Å². The van der Waals surface area contributed by atoms with Crippen LogP contribution in [0.3, 0.4) is 0 Å². The predicted molar refractivity (Wildman–Crippen MR) is 56.5 cm³/mol. The summed E-state index contributed by atoms with van der Waals surface area (Å²) in [6.45, 7) is 13.4.